The zero-order chi connectivity index (χ0) is 17.6. The molecule has 0 fully saturated rings. The standard InChI is InChI=1S/C17H19N2O4S/c1-3-23-17(20)16(19-11-5-4-6-12-19)13-18-24(21,22)15-9-7-14(2)8-10-15/h4-13,16H,3H2,1-2H3/q+1/t16-/m0/s1. The van der Waals surface area contributed by atoms with Crippen LogP contribution in [0.1, 0.15) is 18.5 Å². The second kappa shape index (κ2) is 7.83. The van der Waals surface area contributed by atoms with Crippen molar-refractivity contribution in [3.8, 4) is 0 Å². The first-order valence-corrected chi connectivity index (χ1v) is 8.87. The number of carbonyl (C=O) groups excluding carboxylic acids is 1. The summed E-state index contributed by atoms with van der Waals surface area (Å²) in [6, 6.07) is 10.6. The van der Waals surface area contributed by atoms with Crippen LogP contribution in [0.4, 0.5) is 0 Å². The van der Waals surface area contributed by atoms with Crippen molar-refractivity contribution in [2.24, 2.45) is 4.40 Å². The van der Waals surface area contributed by atoms with Crippen molar-refractivity contribution in [3.05, 3.63) is 60.4 Å². The number of pyridine rings is 1. The van der Waals surface area contributed by atoms with E-state index in [2.05, 4.69) is 4.40 Å². The Hall–Kier alpha value is -2.54. The van der Waals surface area contributed by atoms with Gasteiger partial charge in [0.2, 0.25) is 0 Å². The van der Waals surface area contributed by atoms with Crippen LogP contribution in [0, 0.1) is 6.92 Å². The van der Waals surface area contributed by atoms with Gasteiger partial charge in [0.25, 0.3) is 16.1 Å². The molecule has 0 aliphatic heterocycles. The Morgan fingerprint density at radius 2 is 1.83 bits per heavy atom. The number of aromatic nitrogens is 1. The highest BCUT2D eigenvalue weighted by atomic mass is 32.2. The number of ether oxygens (including phenoxy) is 1. The number of esters is 1. The Kier molecular flexibility index (Phi) is 5.81. The molecule has 0 saturated heterocycles. The van der Waals surface area contributed by atoms with Gasteiger partial charge in [-0.25, -0.2) is 4.79 Å². The van der Waals surface area contributed by atoms with Gasteiger partial charge in [-0.2, -0.15) is 17.4 Å². The highest BCUT2D eigenvalue weighted by Crippen LogP contribution is 2.13. The number of nitrogens with zero attached hydrogens (tertiary/aromatic N) is 2. The van der Waals surface area contributed by atoms with Gasteiger partial charge >= 0.3 is 5.97 Å². The molecule has 0 amide bonds. The van der Waals surface area contributed by atoms with E-state index >= 15 is 0 Å². The highest BCUT2D eigenvalue weighted by Gasteiger charge is 2.28. The van der Waals surface area contributed by atoms with Crippen LogP contribution in [0.5, 0.6) is 0 Å². The molecule has 0 radical (unpaired) electrons. The largest absolute Gasteiger partial charge is 0.461 e. The molecule has 2 aromatic rings. The molecule has 1 heterocycles. The molecule has 1 aromatic carbocycles. The van der Waals surface area contributed by atoms with Crippen molar-refractivity contribution in [1.82, 2.24) is 0 Å². The molecule has 24 heavy (non-hydrogen) atoms. The molecule has 0 N–H and O–H groups in total. The summed E-state index contributed by atoms with van der Waals surface area (Å²) in [5.74, 6) is -0.573. The first kappa shape index (κ1) is 17.8. The van der Waals surface area contributed by atoms with Crippen LogP contribution < -0.4 is 4.57 Å². The first-order valence-electron chi connectivity index (χ1n) is 7.43. The van der Waals surface area contributed by atoms with Crippen molar-refractivity contribution in [1.29, 1.82) is 0 Å². The fourth-order valence-electron chi connectivity index (χ4n) is 1.99. The van der Waals surface area contributed by atoms with Gasteiger partial charge in [-0.1, -0.05) is 23.8 Å². The van der Waals surface area contributed by atoms with Gasteiger partial charge in [0, 0.05) is 12.1 Å². The predicted molar refractivity (Wildman–Crippen MR) is 89.2 cm³/mol. The number of carbonyl (C=O) groups is 1. The molecule has 0 saturated carbocycles. The van der Waals surface area contributed by atoms with E-state index in [1.165, 1.54) is 16.7 Å². The van der Waals surface area contributed by atoms with Crippen LogP contribution in [-0.4, -0.2) is 27.2 Å². The molecule has 0 unspecified atom stereocenters. The lowest BCUT2D eigenvalue weighted by atomic mass is 10.2. The number of rotatable bonds is 6. The fourth-order valence-corrected chi connectivity index (χ4v) is 2.87. The van der Waals surface area contributed by atoms with Gasteiger partial charge in [0.05, 0.1) is 17.7 Å². The SMILES string of the molecule is CCOC(=O)[C@H](C=NS(=O)(=O)c1ccc(C)cc1)[n+]1ccccc1. The topological polar surface area (TPSA) is 76.7 Å². The smallest absolute Gasteiger partial charge is 0.382 e. The van der Waals surface area contributed by atoms with E-state index in [4.69, 9.17) is 4.74 Å². The Balaban J connectivity index is 2.33. The molecule has 126 valence electrons. The van der Waals surface area contributed by atoms with Crippen molar-refractivity contribution in [2.75, 3.05) is 6.61 Å². The molecule has 0 bridgehead atoms. The average molecular weight is 347 g/mol. The summed E-state index contributed by atoms with van der Waals surface area (Å²) >= 11 is 0. The van der Waals surface area contributed by atoms with Crippen LogP contribution in [0.25, 0.3) is 0 Å². The van der Waals surface area contributed by atoms with Crippen molar-refractivity contribution < 1.29 is 22.5 Å². The van der Waals surface area contributed by atoms with E-state index in [9.17, 15) is 13.2 Å². The lowest BCUT2D eigenvalue weighted by Crippen LogP contribution is -2.45. The molecular weight excluding hydrogens is 328 g/mol. The number of hydrogen-bond acceptors (Lipinski definition) is 4. The molecule has 0 spiro atoms. The molecule has 1 atom stereocenters. The van der Waals surface area contributed by atoms with E-state index in [0.717, 1.165) is 11.8 Å². The lowest BCUT2D eigenvalue weighted by molar-refractivity contribution is -0.694. The van der Waals surface area contributed by atoms with E-state index in [1.54, 1.807) is 49.6 Å². The van der Waals surface area contributed by atoms with Crippen LogP contribution in [-0.2, 0) is 19.6 Å². The lowest BCUT2D eigenvalue weighted by Gasteiger charge is -2.07. The third-order valence-electron chi connectivity index (χ3n) is 3.25. The normalized spacial score (nSPS) is 12.9. The first-order chi connectivity index (χ1) is 11.4. The molecule has 2 rings (SSSR count). The van der Waals surface area contributed by atoms with Crippen LogP contribution in [0.15, 0.2) is 64.2 Å². The molecule has 7 heteroatoms. The summed E-state index contributed by atoms with van der Waals surface area (Å²) in [5.41, 5.74) is 0.946. The Labute approximate surface area is 141 Å². The highest BCUT2D eigenvalue weighted by molar-refractivity contribution is 7.90. The number of sulfonamides is 1. The van der Waals surface area contributed by atoms with Crippen molar-refractivity contribution >= 4 is 22.2 Å². The van der Waals surface area contributed by atoms with E-state index in [0.29, 0.717) is 0 Å². The molecule has 0 aliphatic rings. The van der Waals surface area contributed by atoms with Crippen LogP contribution in [0.3, 0.4) is 0 Å². The maximum atomic E-state index is 12.3. The minimum Gasteiger partial charge on any atom is -0.461 e. The van der Waals surface area contributed by atoms with Crippen molar-refractivity contribution in [3.63, 3.8) is 0 Å². The monoisotopic (exact) mass is 347 g/mol. The second-order valence-electron chi connectivity index (χ2n) is 5.06. The van der Waals surface area contributed by atoms with Crippen LogP contribution in [0.2, 0.25) is 0 Å². The Bertz CT molecular complexity index is 815. The maximum Gasteiger partial charge on any atom is 0.382 e. The van der Waals surface area contributed by atoms with Gasteiger partial charge in [-0.05, 0) is 26.0 Å². The molecule has 0 aliphatic carbocycles. The molecule has 1 aromatic heterocycles. The second-order valence-corrected chi connectivity index (χ2v) is 6.69. The number of hydrogen-bond donors (Lipinski definition) is 0. The quantitative estimate of drug-likeness (QED) is 0.454. The van der Waals surface area contributed by atoms with Gasteiger partial charge in [-0.15, -0.1) is 0 Å². The summed E-state index contributed by atoms with van der Waals surface area (Å²) < 4.78 is 34.8. The summed E-state index contributed by atoms with van der Waals surface area (Å²) in [4.78, 5) is 12.2. The van der Waals surface area contributed by atoms with E-state index < -0.39 is 22.0 Å². The molecule has 6 nitrogen and oxygen atoms in total. The summed E-state index contributed by atoms with van der Waals surface area (Å²) in [5, 5.41) is 0. The van der Waals surface area contributed by atoms with Crippen molar-refractivity contribution in [2.45, 2.75) is 24.8 Å². The summed E-state index contributed by atoms with van der Waals surface area (Å²) in [6.07, 6.45) is 4.38. The summed E-state index contributed by atoms with van der Waals surface area (Å²) in [7, 11) is -3.88. The Morgan fingerprint density at radius 3 is 2.42 bits per heavy atom. The minimum absolute atomic E-state index is 0.0741. The predicted octanol–water partition coefficient (Wildman–Crippen LogP) is 1.85. The minimum atomic E-state index is -3.88. The summed E-state index contributed by atoms with van der Waals surface area (Å²) in [6.45, 7) is 3.74. The fraction of sp³-hybridized carbons (Fsp3) is 0.235. The maximum absolute atomic E-state index is 12.3. The third kappa shape index (κ3) is 4.48. The Morgan fingerprint density at radius 1 is 1.21 bits per heavy atom. The third-order valence-corrected chi connectivity index (χ3v) is 4.51. The zero-order valence-electron chi connectivity index (χ0n) is 13.5. The van der Waals surface area contributed by atoms with E-state index in [1.807, 2.05) is 6.92 Å². The number of aryl methyl sites for hydroxylation is 1. The zero-order valence-corrected chi connectivity index (χ0v) is 14.3. The van der Waals surface area contributed by atoms with E-state index in [-0.39, 0.29) is 11.5 Å². The average Bonchev–Trinajstić information content (AvgIpc) is 2.56. The van der Waals surface area contributed by atoms with Gasteiger partial charge in [0.15, 0.2) is 12.4 Å². The van der Waals surface area contributed by atoms with Gasteiger partial charge < -0.3 is 4.74 Å². The van der Waals surface area contributed by atoms with Crippen LogP contribution >= 0.6 is 0 Å². The molecular formula is C17H19N2O4S+. The number of benzene rings is 1. The van der Waals surface area contributed by atoms with Gasteiger partial charge in [-0.3, -0.25) is 0 Å². The van der Waals surface area contributed by atoms with Gasteiger partial charge in [0.1, 0.15) is 0 Å².